The van der Waals surface area contributed by atoms with Crippen molar-refractivity contribution in [2.75, 3.05) is 23.7 Å². The van der Waals surface area contributed by atoms with E-state index in [0.717, 1.165) is 34.9 Å². The van der Waals surface area contributed by atoms with Crippen molar-refractivity contribution in [1.29, 1.82) is 0 Å². The van der Waals surface area contributed by atoms with Gasteiger partial charge in [-0.3, -0.25) is 14.5 Å². The fraction of sp³-hybridized carbons (Fsp3) is 0.258. The Kier molecular flexibility index (Phi) is 8.02. The molecule has 4 aromatic rings. The second-order valence-electron chi connectivity index (χ2n) is 9.84. The van der Waals surface area contributed by atoms with Crippen molar-refractivity contribution in [1.82, 2.24) is 15.1 Å². The molecule has 1 aliphatic heterocycles. The summed E-state index contributed by atoms with van der Waals surface area (Å²) in [5.74, 6) is -1.58. The predicted molar refractivity (Wildman–Crippen MR) is 155 cm³/mol. The molecule has 1 N–H and O–H groups in total. The molecule has 0 saturated carbocycles. The Morgan fingerprint density at radius 1 is 1.07 bits per heavy atom. The van der Waals surface area contributed by atoms with Gasteiger partial charge in [-0.05, 0) is 38.0 Å². The van der Waals surface area contributed by atoms with Gasteiger partial charge in [0.1, 0.15) is 24.0 Å². The molecule has 0 fully saturated rings. The first-order valence-electron chi connectivity index (χ1n) is 13.2. The van der Waals surface area contributed by atoms with E-state index in [1.807, 2.05) is 69.3 Å². The lowest BCUT2D eigenvalue weighted by Crippen LogP contribution is -2.42. The van der Waals surface area contributed by atoms with Crippen molar-refractivity contribution in [3.05, 3.63) is 101 Å². The average molecular weight is 561 g/mol. The summed E-state index contributed by atoms with van der Waals surface area (Å²) < 4.78 is 31.0. The Balaban J connectivity index is 1.82. The van der Waals surface area contributed by atoms with Gasteiger partial charge in [0, 0.05) is 29.3 Å². The van der Waals surface area contributed by atoms with Crippen LogP contribution in [-0.2, 0) is 9.59 Å². The third-order valence-electron chi connectivity index (χ3n) is 6.84. The minimum Gasteiger partial charge on any atom is -0.355 e. The molecular weight excluding hydrogens is 530 g/mol. The fourth-order valence-corrected chi connectivity index (χ4v) is 6.18. The summed E-state index contributed by atoms with van der Waals surface area (Å²) in [6.07, 6.45) is 0.755. The van der Waals surface area contributed by atoms with E-state index in [0.29, 0.717) is 23.6 Å². The van der Waals surface area contributed by atoms with Crippen LogP contribution in [0.1, 0.15) is 40.8 Å². The van der Waals surface area contributed by atoms with Crippen LogP contribution in [0.25, 0.3) is 16.9 Å². The van der Waals surface area contributed by atoms with Gasteiger partial charge >= 0.3 is 0 Å². The minimum atomic E-state index is -0.705. The van der Waals surface area contributed by atoms with Crippen LogP contribution < -0.4 is 10.2 Å². The van der Waals surface area contributed by atoms with Gasteiger partial charge in [-0.15, -0.1) is 11.8 Å². The second kappa shape index (κ2) is 11.6. The highest BCUT2D eigenvalue weighted by Crippen LogP contribution is 2.49. The molecule has 0 radical (unpaired) electrons. The number of aryl methyl sites for hydroxylation is 2. The lowest BCUT2D eigenvalue weighted by molar-refractivity contribution is -0.122. The topological polar surface area (TPSA) is 67.2 Å². The number of halogens is 2. The van der Waals surface area contributed by atoms with Crippen LogP contribution in [0.3, 0.4) is 0 Å². The number of hydrogen-bond acceptors (Lipinski definition) is 4. The van der Waals surface area contributed by atoms with E-state index in [1.165, 1.54) is 28.8 Å². The monoisotopic (exact) mass is 560 g/mol. The molecule has 1 aromatic heterocycles. The molecule has 1 atom stereocenters. The zero-order chi connectivity index (χ0) is 28.4. The van der Waals surface area contributed by atoms with Crippen LogP contribution in [0.5, 0.6) is 0 Å². The molecule has 9 heteroatoms. The average Bonchev–Trinajstić information content (AvgIpc) is 3.25. The standard InChI is InChI=1S/C31H30F2N4O2S/c1-4-14-34-26(38)17-36-27(39)18-40-30(23-12-11-22(32)16-24(23)33)28-29(21-8-6-5-7-9-21)35-37(31(28)36)25-13-10-19(2)15-20(25)3/h5-13,15-16,30H,4,14,17-18H2,1-3H3,(H,34,38)/t30-/m0/s1. The molecule has 2 amide bonds. The van der Waals surface area contributed by atoms with Crippen molar-refractivity contribution >= 4 is 29.4 Å². The van der Waals surface area contributed by atoms with Crippen LogP contribution >= 0.6 is 11.8 Å². The largest absolute Gasteiger partial charge is 0.355 e. The number of amides is 2. The molecule has 0 aliphatic carbocycles. The van der Waals surface area contributed by atoms with E-state index < -0.39 is 16.9 Å². The quantitative estimate of drug-likeness (QED) is 0.295. The molecule has 0 spiro atoms. The molecular formula is C31H30F2N4O2S. The van der Waals surface area contributed by atoms with Gasteiger partial charge in [-0.2, -0.15) is 5.10 Å². The highest BCUT2D eigenvalue weighted by Gasteiger charge is 2.38. The number of carbonyl (C=O) groups excluding carboxylic acids is 2. The van der Waals surface area contributed by atoms with Crippen LogP contribution in [0.2, 0.25) is 0 Å². The molecule has 5 rings (SSSR count). The molecule has 0 unspecified atom stereocenters. The van der Waals surface area contributed by atoms with E-state index in [-0.39, 0.29) is 29.7 Å². The van der Waals surface area contributed by atoms with Gasteiger partial charge in [0.2, 0.25) is 11.8 Å². The zero-order valence-electron chi connectivity index (χ0n) is 22.6. The van der Waals surface area contributed by atoms with E-state index in [4.69, 9.17) is 5.10 Å². The highest BCUT2D eigenvalue weighted by molar-refractivity contribution is 8.00. The van der Waals surface area contributed by atoms with E-state index in [1.54, 1.807) is 4.68 Å². The Hall–Kier alpha value is -3.98. The summed E-state index contributed by atoms with van der Waals surface area (Å²) >= 11 is 1.24. The van der Waals surface area contributed by atoms with Gasteiger partial charge in [-0.1, -0.05) is 61.0 Å². The maximum atomic E-state index is 15.3. The molecule has 206 valence electrons. The summed E-state index contributed by atoms with van der Waals surface area (Å²) in [6, 6.07) is 18.9. The minimum absolute atomic E-state index is 0.00166. The smallest absolute Gasteiger partial charge is 0.240 e. The lowest BCUT2D eigenvalue weighted by atomic mass is 9.99. The van der Waals surface area contributed by atoms with Crippen LogP contribution in [0.15, 0.2) is 66.7 Å². The Labute approximate surface area is 236 Å². The van der Waals surface area contributed by atoms with Crippen LogP contribution in [-0.4, -0.2) is 40.4 Å². The number of nitrogens with zero attached hydrogens (tertiary/aromatic N) is 3. The van der Waals surface area contributed by atoms with Crippen LogP contribution in [0, 0.1) is 25.5 Å². The fourth-order valence-electron chi connectivity index (χ4n) is 4.96. The number of benzene rings is 3. The number of fused-ring (bicyclic) bond motifs is 1. The zero-order valence-corrected chi connectivity index (χ0v) is 23.4. The SMILES string of the molecule is CCCNC(=O)CN1C(=O)CS[C@@H](c2ccc(F)cc2F)c2c(-c3ccccc3)nn(-c3ccc(C)cc3C)c21. The lowest BCUT2D eigenvalue weighted by Gasteiger charge is -2.24. The number of carbonyl (C=O) groups is 2. The number of hydrogen-bond donors (Lipinski definition) is 1. The normalized spacial score (nSPS) is 15.1. The molecule has 0 saturated heterocycles. The van der Waals surface area contributed by atoms with Crippen molar-refractivity contribution in [3.8, 4) is 16.9 Å². The summed E-state index contributed by atoms with van der Waals surface area (Å²) in [4.78, 5) is 28.1. The number of thioether (sulfide) groups is 1. The van der Waals surface area contributed by atoms with Gasteiger partial charge in [0.15, 0.2) is 0 Å². The number of aromatic nitrogens is 2. The van der Waals surface area contributed by atoms with Crippen LogP contribution in [0.4, 0.5) is 14.6 Å². The molecule has 6 nitrogen and oxygen atoms in total. The Morgan fingerprint density at radius 2 is 1.85 bits per heavy atom. The summed E-state index contributed by atoms with van der Waals surface area (Å²) in [5, 5.41) is 7.20. The first-order chi connectivity index (χ1) is 19.3. The Morgan fingerprint density at radius 3 is 2.55 bits per heavy atom. The molecule has 1 aliphatic rings. The third-order valence-corrected chi connectivity index (χ3v) is 8.07. The van der Waals surface area contributed by atoms with Crippen molar-refractivity contribution in [2.45, 2.75) is 32.4 Å². The van der Waals surface area contributed by atoms with Crippen molar-refractivity contribution in [2.24, 2.45) is 0 Å². The molecule has 40 heavy (non-hydrogen) atoms. The second-order valence-corrected chi connectivity index (χ2v) is 10.9. The molecule has 2 heterocycles. The van der Waals surface area contributed by atoms with Gasteiger partial charge in [0.25, 0.3) is 0 Å². The van der Waals surface area contributed by atoms with Gasteiger partial charge < -0.3 is 5.32 Å². The van der Waals surface area contributed by atoms with E-state index in [2.05, 4.69) is 5.32 Å². The molecule has 3 aromatic carbocycles. The number of nitrogens with one attached hydrogen (secondary N) is 1. The predicted octanol–water partition coefficient (Wildman–Crippen LogP) is 6.13. The maximum absolute atomic E-state index is 15.3. The summed E-state index contributed by atoms with van der Waals surface area (Å²) in [7, 11) is 0. The van der Waals surface area contributed by atoms with Crippen molar-refractivity contribution in [3.63, 3.8) is 0 Å². The maximum Gasteiger partial charge on any atom is 0.240 e. The first kappa shape index (κ1) is 27.6. The van der Waals surface area contributed by atoms with E-state index in [9.17, 15) is 14.0 Å². The number of anilines is 1. The molecule has 0 bridgehead atoms. The number of rotatable bonds is 7. The van der Waals surface area contributed by atoms with Gasteiger partial charge in [0.05, 0.1) is 22.4 Å². The van der Waals surface area contributed by atoms with Gasteiger partial charge in [-0.25, -0.2) is 13.5 Å². The first-order valence-corrected chi connectivity index (χ1v) is 14.2. The summed E-state index contributed by atoms with van der Waals surface area (Å²) in [5.41, 5.74) is 4.91. The van der Waals surface area contributed by atoms with Crippen molar-refractivity contribution < 1.29 is 18.4 Å². The Bertz CT molecular complexity index is 1570. The van der Waals surface area contributed by atoms with E-state index >= 15 is 4.39 Å². The highest BCUT2D eigenvalue weighted by atomic mass is 32.2. The third kappa shape index (κ3) is 5.38. The summed E-state index contributed by atoms with van der Waals surface area (Å²) in [6.45, 7) is 6.18.